The normalized spacial score (nSPS) is 10.8. The summed E-state index contributed by atoms with van der Waals surface area (Å²) in [5.41, 5.74) is 1.95. The molecule has 0 atom stereocenters. The molecule has 124 valence electrons. The second kappa shape index (κ2) is 7.52. The van der Waals surface area contributed by atoms with Crippen molar-refractivity contribution in [3.63, 3.8) is 0 Å². The van der Waals surface area contributed by atoms with Crippen molar-refractivity contribution >= 4 is 17.5 Å². The fourth-order valence-electron chi connectivity index (χ4n) is 2.23. The highest BCUT2D eigenvalue weighted by Crippen LogP contribution is 2.22. The smallest absolute Gasteiger partial charge is 0.276 e. The molecule has 0 aliphatic heterocycles. The Hall–Kier alpha value is -2.99. The summed E-state index contributed by atoms with van der Waals surface area (Å²) in [6.45, 7) is 1.54. The van der Waals surface area contributed by atoms with Crippen LogP contribution in [-0.2, 0) is 6.61 Å². The summed E-state index contributed by atoms with van der Waals surface area (Å²) in [6, 6.07) is 9.54. The zero-order valence-corrected chi connectivity index (χ0v) is 13.4. The number of benzene rings is 2. The second-order valence-corrected chi connectivity index (χ2v) is 5.24. The molecule has 0 amide bonds. The maximum absolute atomic E-state index is 12.3. The molecular formula is C18H17NO5. The van der Waals surface area contributed by atoms with Crippen LogP contribution in [0.4, 0.5) is 5.69 Å². The second-order valence-electron chi connectivity index (χ2n) is 5.24. The third-order valence-corrected chi connectivity index (χ3v) is 3.47. The van der Waals surface area contributed by atoms with Crippen molar-refractivity contribution in [1.29, 1.82) is 0 Å². The summed E-state index contributed by atoms with van der Waals surface area (Å²) in [6.07, 6.45) is 2.69. The zero-order chi connectivity index (χ0) is 17.7. The molecule has 0 radical (unpaired) electrons. The van der Waals surface area contributed by atoms with Gasteiger partial charge in [0.15, 0.2) is 5.78 Å². The Bertz CT molecular complexity index is 789. The molecule has 2 aromatic carbocycles. The van der Waals surface area contributed by atoms with E-state index in [4.69, 9.17) is 4.74 Å². The van der Waals surface area contributed by atoms with Crippen LogP contribution in [0.25, 0.3) is 6.08 Å². The number of nitrogens with zero attached hydrogens (tertiary/aromatic N) is 1. The maximum Gasteiger partial charge on any atom is 0.276 e. The maximum atomic E-state index is 12.3. The van der Waals surface area contributed by atoms with Crippen LogP contribution in [0.2, 0.25) is 0 Å². The quantitative estimate of drug-likeness (QED) is 0.380. The van der Waals surface area contributed by atoms with Crippen LogP contribution in [0.3, 0.4) is 0 Å². The SMILES string of the molecule is COc1cc(CO)cc(C(=O)/C=C/c2ccc(C)cc2[N+](=O)[O-])c1. The number of ether oxygens (including phenoxy) is 1. The van der Waals surface area contributed by atoms with Crippen LogP contribution in [0, 0.1) is 17.0 Å². The van der Waals surface area contributed by atoms with Gasteiger partial charge in [-0.25, -0.2) is 0 Å². The number of hydrogen-bond acceptors (Lipinski definition) is 5. The van der Waals surface area contributed by atoms with Crippen LogP contribution in [-0.4, -0.2) is 22.9 Å². The standard InChI is InChI=1S/C18H17NO5/c1-12-3-4-14(17(7-12)19(22)23)5-6-18(21)15-8-13(11-20)9-16(10-15)24-2/h3-10,20H,11H2,1-2H3/b6-5+. The largest absolute Gasteiger partial charge is 0.497 e. The molecule has 0 aliphatic carbocycles. The first-order valence-electron chi connectivity index (χ1n) is 7.21. The molecule has 6 nitrogen and oxygen atoms in total. The van der Waals surface area contributed by atoms with E-state index in [0.717, 1.165) is 5.56 Å². The summed E-state index contributed by atoms with van der Waals surface area (Å²) in [5, 5.41) is 20.3. The molecule has 0 heterocycles. The highest BCUT2D eigenvalue weighted by molar-refractivity contribution is 6.07. The predicted octanol–water partition coefficient (Wildman–Crippen LogP) is 3.30. The molecule has 0 spiro atoms. The number of hydrogen-bond donors (Lipinski definition) is 1. The van der Waals surface area contributed by atoms with Crippen molar-refractivity contribution in [3.05, 3.63) is 74.8 Å². The minimum Gasteiger partial charge on any atom is -0.497 e. The molecule has 2 aromatic rings. The van der Waals surface area contributed by atoms with Gasteiger partial charge in [-0.2, -0.15) is 0 Å². The number of aliphatic hydroxyl groups is 1. The molecule has 0 aliphatic rings. The molecule has 0 saturated carbocycles. The molecule has 0 aromatic heterocycles. The van der Waals surface area contributed by atoms with Crippen molar-refractivity contribution in [2.24, 2.45) is 0 Å². The van der Waals surface area contributed by atoms with Gasteiger partial charge < -0.3 is 9.84 Å². The van der Waals surface area contributed by atoms with Crippen LogP contribution >= 0.6 is 0 Å². The third-order valence-electron chi connectivity index (χ3n) is 3.47. The van der Waals surface area contributed by atoms with E-state index in [-0.39, 0.29) is 18.1 Å². The first-order chi connectivity index (χ1) is 11.4. The topological polar surface area (TPSA) is 89.7 Å². The van der Waals surface area contributed by atoms with Crippen LogP contribution in [0.1, 0.15) is 27.0 Å². The lowest BCUT2D eigenvalue weighted by Gasteiger charge is -2.05. The van der Waals surface area contributed by atoms with Gasteiger partial charge in [0.1, 0.15) is 5.75 Å². The van der Waals surface area contributed by atoms with Gasteiger partial charge in [0.05, 0.1) is 24.2 Å². The Morgan fingerprint density at radius 1 is 1.29 bits per heavy atom. The number of rotatable bonds is 6. The van der Waals surface area contributed by atoms with E-state index in [2.05, 4.69) is 0 Å². The number of ketones is 1. The Morgan fingerprint density at radius 2 is 2.04 bits per heavy atom. The summed E-state index contributed by atoms with van der Waals surface area (Å²) >= 11 is 0. The molecule has 2 rings (SSSR count). The molecule has 0 saturated heterocycles. The van der Waals surface area contributed by atoms with Crippen molar-refractivity contribution in [2.45, 2.75) is 13.5 Å². The number of aryl methyl sites for hydroxylation is 1. The summed E-state index contributed by atoms with van der Waals surface area (Å²) in [7, 11) is 1.47. The fourth-order valence-corrected chi connectivity index (χ4v) is 2.23. The molecular weight excluding hydrogens is 310 g/mol. The van der Waals surface area contributed by atoms with Crippen molar-refractivity contribution in [1.82, 2.24) is 0 Å². The lowest BCUT2D eigenvalue weighted by Crippen LogP contribution is -1.98. The highest BCUT2D eigenvalue weighted by Gasteiger charge is 2.12. The van der Waals surface area contributed by atoms with E-state index in [1.165, 1.54) is 25.3 Å². The molecule has 0 unspecified atom stereocenters. The molecule has 1 N–H and O–H groups in total. The Kier molecular flexibility index (Phi) is 5.44. The number of methoxy groups -OCH3 is 1. The predicted molar refractivity (Wildman–Crippen MR) is 90.1 cm³/mol. The van der Waals surface area contributed by atoms with E-state index in [1.54, 1.807) is 37.3 Å². The van der Waals surface area contributed by atoms with Gasteiger partial charge in [0.2, 0.25) is 0 Å². The third kappa shape index (κ3) is 4.05. The first-order valence-corrected chi connectivity index (χ1v) is 7.21. The summed E-state index contributed by atoms with van der Waals surface area (Å²) in [4.78, 5) is 22.9. The Labute approximate surface area is 139 Å². The zero-order valence-electron chi connectivity index (χ0n) is 13.4. The van der Waals surface area contributed by atoms with E-state index in [9.17, 15) is 20.0 Å². The van der Waals surface area contributed by atoms with Gasteiger partial charge in [-0.05, 0) is 54.5 Å². The van der Waals surface area contributed by atoms with Gasteiger partial charge in [-0.1, -0.05) is 6.07 Å². The lowest BCUT2D eigenvalue weighted by atomic mass is 10.0. The number of nitro benzene ring substituents is 1. The molecule has 0 bridgehead atoms. The highest BCUT2D eigenvalue weighted by atomic mass is 16.6. The molecule has 6 heteroatoms. The van der Waals surface area contributed by atoms with Crippen LogP contribution in [0.5, 0.6) is 5.75 Å². The number of carbonyl (C=O) groups is 1. The van der Waals surface area contributed by atoms with Crippen molar-refractivity contribution in [3.8, 4) is 5.75 Å². The van der Waals surface area contributed by atoms with Crippen LogP contribution < -0.4 is 4.74 Å². The first kappa shape index (κ1) is 17.4. The Morgan fingerprint density at radius 3 is 2.67 bits per heavy atom. The Balaban J connectivity index is 2.33. The monoisotopic (exact) mass is 327 g/mol. The average molecular weight is 327 g/mol. The number of allylic oxidation sites excluding steroid dienone is 1. The number of aliphatic hydroxyl groups excluding tert-OH is 1. The van der Waals surface area contributed by atoms with Gasteiger partial charge >= 0.3 is 0 Å². The van der Waals surface area contributed by atoms with Gasteiger partial charge in [0, 0.05) is 11.6 Å². The van der Waals surface area contributed by atoms with Gasteiger partial charge in [-0.15, -0.1) is 0 Å². The van der Waals surface area contributed by atoms with E-state index in [1.807, 2.05) is 0 Å². The number of carbonyl (C=O) groups excluding carboxylic acids is 1. The van der Waals surface area contributed by atoms with Gasteiger partial charge in [0.25, 0.3) is 5.69 Å². The van der Waals surface area contributed by atoms with Crippen LogP contribution in [0.15, 0.2) is 42.5 Å². The number of nitro groups is 1. The summed E-state index contributed by atoms with van der Waals surface area (Å²) in [5.74, 6) is 0.123. The van der Waals surface area contributed by atoms with Gasteiger partial charge in [-0.3, -0.25) is 14.9 Å². The molecule has 24 heavy (non-hydrogen) atoms. The minimum absolute atomic E-state index is 0.0549. The van der Waals surface area contributed by atoms with E-state index >= 15 is 0 Å². The lowest BCUT2D eigenvalue weighted by molar-refractivity contribution is -0.385. The van der Waals surface area contributed by atoms with Crippen molar-refractivity contribution < 1.29 is 19.6 Å². The van der Waals surface area contributed by atoms with E-state index in [0.29, 0.717) is 22.4 Å². The fraction of sp³-hybridized carbons (Fsp3) is 0.167. The average Bonchev–Trinajstić information content (AvgIpc) is 2.59. The van der Waals surface area contributed by atoms with E-state index < -0.39 is 4.92 Å². The minimum atomic E-state index is -0.480. The van der Waals surface area contributed by atoms with Crippen molar-refractivity contribution in [2.75, 3.05) is 7.11 Å². The summed E-state index contributed by atoms with van der Waals surface area (Å²) < 4.78 is 5.10. The molecule has 0 fully saturated rings.